The van der Waals surface area contributed by atoms with Crippen molar-refractivity contribution in [3.63, 3.8) is 0 Å². The Labute approximate surface area is 84.4 Å². The van der Waals surface area contributed by atoms with Crippen LogP contribution in [0.4, 0.5) is 0 Å². The first kappa shape index (κ1) is 10.9. The number of hydrogen-bond acceptors (Lipinski definition) is 4. The van der Waals surface area contributed by atoms with Gasteiger partial charge in [0.05, 0.1) is 0 Å². The molecule has 0 saturated carbocycles. The molecule has 1 aliphatic heterocycles. The molecule has 0 aromatic heterocycles. The molecule has 1 aliphatic rings. The van der Waals surface area contributed by atoms with E-state index in [4.69, 9.17) is 0 Å². The number of esters is 2. The molecule has 11 heavy (non-hydrogen) atoms. The molecule has 0 bridgehead atoms. The second kappa shape index (κ2) is 4.03. The molecule has 0 N–H and O–H groups in total. The Morgan fingerprint density at radius 3 is 1.55 bits per heavy atom. The molecule has 62 valence electrons. The third-order valence-corrected chi connectivity index (χ3v) is 1.25. The molecule has 2 atom stereocenters. The molecule has 1 heterocycles. The van der Waals surface area contributed by atoms with E-state index >= 15 is 0 Å². The molecule has 0 aromatic carbocycles. The first-order chi connectivity index (χ1) is 4.61. The number of carbonyl (C=O) groups is 2. The molecule has 0 aliphatic carbocycles. The summed E-state index contributed by atoms with van der Waals surface area (Å²) in [5.74, 6) is -0.959. The number of rotatable bonds is 0. The SMILES string of the molecule is CC1OC(=O)C(C)OC1=O.[PbH2]. The van der Waals surface area contributed by atoms with Crippen molar-refractivity contribution in [1.82, 2.24) is 0 Å². The van der Waals surface area contributed by atoms with Crippen LogP contribution in [0.3, 0.4) is 0 Å². The molecular formula is C6H10O4Pb. The Hall–Kier alpha value is -0.138. The van der Waals surface area contributed by atoms with Gasteiger partial charge in [0.25, 0.3) is 0 Å². The van der Waals surface area contributed by atoms with Gasteiger partial charge >= 0.3 is 39.2 Å². The Morgan fingerprint density at radius 2 is 1.27 bits per heavy atom. The van der Waals surface area contributed by atoms with Crippen molar-refractivity contribution in [2.45, 2.75) is 26.1 Å². The van der Waals surface area contributed by atoms with E-state index in [9.17, 15) is 9.59 Å². The van der Waals surface area contributed by atoms with Crippen LogP contribution in [0.15, 0.2) is 0 Å². The molecule has 1 saturated heterocycles. The van der Waals surface area contributed by atoms with Crippen LogP contribution in [0.1, 0.15) is 13.8 Å². The number of ether oxygens (including phenoxy) is 2. The van der Waals surface area contributed by atoms with Crippen LogP contribution in [-0.2, 0) is 19.1 Å². The minimum atomic E-state index is -0.747. The fraction of sp³-hybridized carbons (Fsp3) is 0.667. The molecule has 5 heteroatoms. The zero-order chi connectivity index (χ0) is 7.72. The Kier molecular flexibility index (Phi) is 3.98. The first-order valence-corrected chi connectivity index (χ1v) is 3.02. The van der Waals surface area contributed by atoms with Gasteiger partial charge in [0, 0.05) is 0 Å². The van der Waals surface area contributed by atoms with Crippen LogP contribution in [0.25, 0.3) is 0 Å². The number of hydrogen-bond donors (Lipinski definition) is 0. The molecule has 0 spiro atoms. The van der Waals surface area contributed by atoms with Crippen molar-refractivity contribution in [3.8, 4) is 0 Å². The predicted octanol–water partition coefficient (Wildman–Crippen LogP) is -1.05. The third kappa shape index (κ3) is 2.42. The van der Waals surface area contributed by atoms with Gasteiger partial charge in [-0.15, -0.1) is 0 Å². The zero-order valence-corrected chi connectivity index (χ0v) is 12.0. The Bertz CT molecular complexity index is 159. The third-order valence-electron chi connectivity index (χ3n) is 1.25. The van der Waals surface area contributed by atoms with Crippen molar-refractivity contribution >= 4 is 39.2 Å². The van der Waals surface area contributed by atoms with Crippen molar-refractivity contribution in [3.05, 3.63) is 0 Å². The summed E-state index contributed by atoms with van der Waals surface area (Å²) >= 11 is 0. The van der Waals surface area contributed by atoms with Crippen LogP contribution < -0.4 is 0 Å². The Morgan fingerprint density at radius 1 is 1.00 bits per heavy atom. The Balaban J connectivity index is 0.000001000. The molecule has 2 unspecified atom stereocenters. The van der Waals surface area contributed by atoms with E-state index in [1.165, 1.54) is 13.8 Å². The van der Waals surface area contributed by atoms with Crippen LogP contribution in [0.5, 0.6) is 0 Å². The summed E-state index contributed by atoms with van der Waals surface area (Å²) in [6.45, 7) is 2.96. The molecule has 1 fully saturated rings. The summed E-state index contributed by atoms with van der Waals surface area (Å²) in [6.07, 6.45) is -1.49. The van der Waals surface area contributed by atoms with Gasteiger partial charge in [0.15, 0.2) is 12.2 Å². The van der Waals surface area contributed by atoms with Gasteiger partial charge in [-0.25, -0.2) is 9.59 Å². The standard InChI is InChI=1S/C6H8O4.Pb.2H/c1-3-5(7)10-4(2)6(8)9-3;;;/h3-4H,1-2H3;;;. The molecule has 1 rings (SSSR count). The summed E-state index contributed by atoms with van der Waals surface area (Å²) in [5.41, 5.74) is 0. The summed E-state index contributed by atoms with van der Waals surface area (Å²) in [7, 11) is 0. The summed E-state index contributed by atoms with van der Waals surface area (Å²) in [6, 6.07) is 0. The second-order valence-electron chi connectivity index (χ2n) is 2.16. The monoisotopic (exact) mass is 354 g/mol. The molecule has 4 nitrogen and oxygen atoms in total. The van der Waals surface area contributed by atoms with Crippen molar-refractivity contribution < 1.29 is 19.1 Å². The zero-order valence-electron chi connectivity index (χ0n) is 6.49. The van der Waals surface area contributed by atoms with Crippen LogP contribution in [-0.4, -0.2) is 51.4 Å². The minimum absolute atomic E-state index is 0. The first-order valence-electron chi connectivity index (χ1n) is 3.02. The van der Waals surface area contributed by atoms with E-state index in [1.54, 1.807) is 0 Å². The van der Waals surface area contributed by atoms with Gasteiger partial charge in [-0.05, 0) is 13.8 Å². The number of carbonyl (C=O) groups excluding carboxylic acids is 2. The summed E-state index contributed by atoms with van der Waals surface area (Å²) in [4.78, 5) is 21.3. The predicted molar refractivity (Wildman–Crippen MR) is 39.7 cm³/mol. The molecule has 2 radical (unpaired) electrons. The maximum atomic E-state index is 10.7. The van der Waals surface area contributed by atoms with E-state index in [-0.39, 0.29) is 27.3 Å². The van der Waals surface area contributed by atoms with Crippen molar-refractivity contribution in [2.24, 2.45) is 0 Å². The van der Waals surface area contributed by atoms with Gasteiger partial charge in [-0.1, -0.05) is 0 Å². The fourth-order valence-electron chi connectivity index (χ4n) is 0.636. The van der Waals surface area contributed by atoms with E-state index in [1.807, 2.05) is 0 Å². The van der Waals surface area contributed by atoms with Crippen LogP contribution in [0.2, 0.25) is 0 Å². The average molecular weight is 353 g/mol. The van der Waals surface area contributed by atoms with Gasteiger partial charge in [0.1, 0.15) is 0 Å². The summed E-state index contributed by atoms with van der Waals surface area (Å²) in [5, 5.41) is 0. The molecular weight excluding hydrogens is 343 g/mol. The summed E-state index contributed by atoms with van der Waals surface area (Å²) < 4.78 is 9.19. The van der Waals surface area contributed by atoms with Crippen molar-refractivity contribution in [1.29, 1.82) is 0 Å². The van der Waals surface area contributed by atoms with Gasteiger partial charge in [-0.2, -0.15) is 0 Å². The molecule has 0 aromatic rings. The fourth-order valence-corrected chi connectivity index (χ4v) is 0.636. The van der Waals surface area contributed by atoms with Crippen molar-refractivity contribution in [2.75, 3.05) is 0 Å². The maximum absolute atomic E-state index is 10.7. The van der Waals surface area contributed by atoms with Gasteiger partial charge < -0.3 is 9.47 Å². The quantitative estimate of drug-likeness (QED) is 0.412. The average Bonchev–Trinajstić information content (AvgIpc) is 1.84. The second-order valence-corrected chi connectivity index (χ2v) is 2.16. The van der Waals surface area contributed by atoms with E-state index in [0.717, 1.165) is 0 Å². The van der Waals surface area contributed by atoms with Gasteiger partial charge in [0.2, 0.25) is 0 Å². The van der Waals surface area contributed by atoms with E-state index in [2.05, 4.69) is 9.47 Å². The van der Waals surface area contributed by atoms with E-state index in [0.29, 0.717) is 0 Å². The van der Waals surface area contributed by atoms with Crippen LogP contribution >= 0.6 is 0 Å². The van der Waals surface area contributed by atoms with Gasteiger partial charge in [-0.3, -0.25) is 0 Å². The topological polar surface area (TPSA) is 52.6 Å². The molecule has 0 amide bonds. The van der Waals surface area contributed by atoms with E-state index < -0.39 is 24.1 Å². The number of cyclic esters (lactones) is 2. The normalized spacial score (nSPS) is 30.0. The van der Waals surface area contributed by atoms with Crippen LogP contribution in [0, 0.1) is 0 Å².